The van der Waals surface area contributed by atoms with Gasteiger partial charge >= 0.3 is 0 Å². The quantitative estimate of drug-likeness (QED) is 0.627. The molecule has 0 bridgehead atoms. The molecule has 1 aliphatic heterocycles. The first-order valence-corrected chi connectivity index (χ1v) is 4.30. The van der Waals surface area contributed by atoms with E-state index in [9.17, 15) is 0 Å². The lowest BCUT2D eigenvalue weighted by molar-refractivity contribution is -0.213. The monoisotopic (exact) mass is 176 g/mol. The molecule has 0 aliphatic carbocycles. The first-order valence-electron chi connectivity index (χ1n) is 4.30. The molecule has 4 heteroatoms. The maximum absolute atomic E-state index is 8.89. The molecule has 0 aromatic carbocycles. The van der Waals surface area contributed by atoms with E-state index < -0.39 is 5.79 Å². The van der Waals surface area contributed by atoms with E-state index in [2.05, 4.69) is 6.92 Å². The lowest BCUT2D eigenvalue weighted by Gasteiger charge is -2.22. The molecule has 1 atom stereocenters. The minimum absolute atomic E-state index is 0.0225. The fourth-order valence-corrected chi connectivity index (χ4v) is 1.30. The average molecular weight is 176 g/mol. The number of ether oxygens (including phenoxy) is 2. The van der Waals surface area contributed by atoms with Crippen LogP contribution in [0.4, 0.5) is 0 Å². The topological polar surface area (TPSA) is 58.9 Å². The third-order valence-corrected chi connectivity index (χ3v) is 2.01. The van der Waals surface area contributed by atoms with Crippen molar-refractivity contribution < 1.29 is 19.7 Å². The van der Waals surface area contributed by atoms with Crippen molar-refractivity contribution in [2.75, 3.05) is 19.8 Å². The largest absolute Gasteiger partial charge is 0.391 e. The summed E-state index contributed by atoms with van der Waals surface area (Å²) in [5.74, 6) is -1.14. The summed E-state index contributed by atoms with van der Waals surface area (Å²) in [5, 5.41) is 17.8. The smallest absolute Gasteiger partial charge is 0.215 e. The fraction of sp³-hybridized carbons (Fsp3) is 1.00. The van der Waals surface area contributed by atoms with E-state index in [0.717, 1.165) is 12.8 Å². The maximum atomic E-state index is 8.89. The number of hydrogen-bond donors (Lipinski definition) is 2. The molecule has 4 nitrogen and oxygen atoms in total. The lowest BCUT2D eigenvalue weighted by atomic mass is 10.2. The Bertz CT molecular complexity index is 133. The molecule has 0 spiro atoms. The second-order valence-corrected chi connectivity index (χ2v) is 3.07. The summed E-state index contributed by atoms with van der Waals surface area (Å²) in [4.78, 5) is 0. The van der Waals surface area contributed by atoms with Crippen molar-refractivity contribution in [1.82, 2.24) is 0 Å². The van der Waals surface area contributed by atoms with Gasteiger partial charge in [0, 0.05) is 0 Å². The molecule has 1 fully saturated rings. The van der Waals surface area contributed by atoms with Gasteiger partial charge in [-0.25, -0.2) is 0 Å². The summed E-state index contributed by atoms with van der Waals surface area (Å²) >= 11 is 0. The van der Waals surface area contributed by atoms with E-state index in [1.54, 1.807) is 0 Å². The van der Waals surface area contributed by atoms with Crippen LogP contribution in [-0.2, 0) is 9.47 Å². The SMILES string of the molecule is CCCC1COC(CO)(CO)O1. The zero-order valence-corrected chi connectivity index (χ0v) is 7.32. The van der Waals surface area contributed by atoms with Crippen LogP contribution in [0.1, 0.15) is 19.8 Å². The summed E-state index contributed by atoms with van der Waals surface area (Å²) in [6.07, 6.45) is 1.94. The Morgan fingerprint density at radius 1 is 1.42 bits per heavy atom. The van der Waals surface area contributed by atoms with E-state index >= 15 is 0 Å². The summed E-state index contributed by atoms with van der Waals surface area (Å²) in [6, 6.07) is 0. The molecule has 0 aromatic heterocycles. The van der Waals surface area contributed by atoms with E-state index in [-0.39, 0.29) is 19.3 Å². The Kier molecular flexibility index (Phi) is 3.46. The highest BCUT2D eigenvalue weighted by atomic mass is 16.8. The van der Waals surface area contributed by atoms with Crippen LogP contribution in [0.3, 0.4) is 0 Å². The van der Waals surface area contributed by atoms with Gasteiger partial charge in [0.05, 0.1) is 25.9 Å². The minimum atomic E-state index is -1.14. The molecule has 12 heavy (non-hydrogen) atoms. The summed E-state index contributed by atoms with van der Waals surface area (Å²) < 4.78 is 10.5. The van der Waals surface area contributed by atoms with Crippen molar-refractivity contribution in [3.8, 4) is 0 Å². The predicted octanol–water partition coefficient (Wildman–Crippen LogP) is -0.117. The highest BCUT2D eigenvalue weighted by molar-refractivity contribution is 4.77. The van der Waals surface area contributed by atoms with Gasteiger partial charge in [0.25, 0.3) is 0 Å². The van der Waals surface area contributed by atoms with Crippen molar-refractivity contribution in [2.24, 2.45) is 0 Å². The zero-order valence-electron chi connectivity index (χ0n) is 7.32. The normalized spacial score (nSPS) is 27.8. The molecule has 0 aromatic rings. The third kappa shape index (κ3) is 1.95. The molecule has 1 rings (SSSR count). The van der Waals surface area contributed by atoms with E-state index in [0.29, 0.717) is 6.61 Å². The Hall–Kier alpha value is -0.160. The van der Waals surface area contributed by atoms with Gasteiger partial charge in [-0.15, -0.1) is 0 Å². The Labute approximate surface area is 72.1 Å². The van der Waals surface area contributed by atoms with Crippen LogP contribution < -0.4 is 0 Å². The minimum Gasteiger partial charge on any atom is -0.391 e. The van der Waals surface area contributed by atoms with Gasteiger partial charge in [0.2, 0.25) is 5.79 Å². The van der Waals surface area contributed by atoms with Crippen molar-refractivity contribution in [1.29, 1.82) is 0 Å². The van der Waals surface area contributed by atoms with Crippen molar-refractivity contribution in [3.63, 3.8) is 0 Å². The van der Waals surface area contributed by atoms with Crippen LogP contribution in [0.5, 0.6) is 0 Å². The average Bonchev–Trinajstić information content (AvgIpc) is 2.50. The molecule has 1 aliphatic rings. The number of hydrogen-bond acceptors (Lipinski definition) is 4. The molecule has 0 saturated carbocycles. The Balaban J connectivity index is 2.41. The summed E-state index contributed by atoms with van der Waals surface area (Å²) in [5.41, 5.74) is 0. The second kappa shape index (κ2) is 4.18. The molecule has 1 heterocycles. The lowest BCUT2D eigenvalue weighted by Crippen LogP contribution is -2.39. The molecule has 0 amide bonds. The second-order valence-electron chi connectivity index (χ2n) is 3.07. The van der Waals surface area contributed by atoms with Gasteiger partial charge < -0.3 is 19.7 Å². The standard InChI is InChI=1S/C8H16O4/c1-2-3-7-4-11-8(5-9,6-10)12-7/h7,9-10H,2-6H2,1H3. The van der Waals surface area contributed by atoms with Crippen molar-refractivity contribution in [2.45, 2.75) is 31.7 Å². The van der Waals surface area contributed by atoms with E-state index in [1.165, 1.54) is 0 Å². The van der Waals surface area contributed by atoms with Crippen LogP contribution >= 0.6 is 0 Å². The van der Waals surface area contributed by atoms with Crippen LogP contribution in [0.15, 0.2) is 0 Å². The number of aliphatic hydroxyl groups is 2. The van der Waals surface area contributed by atoms with E-state index in [4.69, 9.17) is 19.7 Å². The summed E-state index contributed by atoms with van der Waals surface area (Å²) in [7, 11) is 0. The number of rotatable bonds is 4. The third-order valence-electron chi connectivity index (χ3n) is 2.01. The molecular weight excluding hydrogens is 160 g/mol. The van der Waals surface area contributed by atoms with Crippen LogP contribution in [0.2, 0.25) is 0 Å². The molecule has 0 radical (unpaired) electrons. The molecule has 2 N–H and O–H groups in total. The van der Waals surface area contributed by atoms with Gasteiger partial charge in [0.1, 0.15) is 0 Å². The van der Waals surface area contributed by atoms with Crippen molar-refractivity contribution >= 4 is 0 Å². The van der Waals surface area contributed by atoms with Crippen LogP contribution in [0.25, 0.3) is 0 Å². The van der Waals surface area contributed by atoms with Gasteiger partial charge in [-0.05, 0) is 6.42 Å². The molecule has 1 saturated heterocycles. The van der Waals surface area contributed by atoms with Gasteiger partial charge in [-0.1, -0.05) is 13.3 Å². The first-order chi connectivity index (χ1) is 5.76. The van der Waals surface area contributed by atoms with E-state index in [1.807, 2.05) is 0 Å². The van der Waals surface area contributed by atoms with Crippen LogP contribution in [0, 0.1) is 0 Å². The first kappa shape index (κ1) is 9.92. The molecule has 1 unspecified atom stereocenters. The number of aliphatic hydroxyl groups excluding tert-OH is 2. The van der Waals surface area contributed by atoms with Gasteiger partial charge in [0.15, 0.2) is 0 Å². The molecule has 72 valence electrons. The maximum Gasteiger partial charge on any atom is 0.215 e. The predicted molar refractivity (Wildman–Crippen MR) is 42.6 cm³/mol. The fourth-order valence-electron chi connectivity index (χ4n) is 1.30. The van der Waals surface area contributed by atoms with Gasteiger partial charge in [-0.2, -0.15) is 0 Å². The highest BCUT2D eigenvalue weighted by Crippen LogP contribution is 2.24. The molecular formula is C8H16O4. The Morgan fingerprint density at radius 2 is 2.08 bits per heavy atom. The zero-order chi connectivity index (χ0) is 9.03. The van der Waals surface area contributed by atoms with Gasteiger partial charge in [-0.3, -0.25) is 0 Å². The van der Waals surface area contributed by atoms with Crippen LogP contribution in [-0.4, -0.2) is 41.9 Å². The highest BCUT2D eigenvalue weighted by Gasteiger charge is 2.40. The van der Waals surface area contributed by atoms with Crippen molar-refractivity contribution in [3.05, 3.63) is 0 Å². The summed E-state index contributed by atoms with van der Waals surface area (Å²) in [6.45, 7) is 1.95. The Morgan fingerprint density at radius 3 is 2.50 bits per heavy atom.